The zero-order valence-corrected chi connectivity index (χ0v) is 9.11. The SMILES string of the molecule is c1ccn2cc(CNc3cncnc3)nc2c1. The molecule has 0 aliphatic rings. The van der Waals surface area contributed by atoms with Crippen molar-refractivity contribution in [3.8, 4) is 0 Å². The maximum absolute atomic E-state index is 4.49. The van der Waals surface area contributed by atoms with Crippen LogP contribution in [0.3, 0.4) is 0 Å². The number of imidazole rings is 1. The number of aromatic nitrogens is 4. The van der Waals surface area contributed by atoms with Gasteiger partial charge >= 0.3 is 0 Å². The molecule has 3 aromatic rings. The normalized spacial score (nSPS) is 10.6. The Morgan fingerprint density at radius 1 is 1.18 bits per heavy atom. The number of hydrogen-bond acceptors (Lipinski definition) is 4. The van der Waals surface area contributed by atoms with Gasteiger partial charge in [0.15, 0.2) is 0 Å². The molecule has 17 heavy (non-hydrogen) atoms. The molecule has 0 saturated carbocycles. The molecule has 0 aliphatic carbocycles. The summed E-state index contributed by atoms with van der Waals surface area (Å²) in [5.41, 5.74) is 2.83. The van der Waals surface area contributed by atoms with Crippen molar-refractivity contribution in [1.29, 1.82) is 0 Å². The Labute approximate surface area is 98.2 Å². The molecular formula is C12H11N5. The number of hydrogen-bond donors (Lipinski definition) is 1. The molecule has 0 aliphatic heterocycles. The van der Waals surface area contributed by atoms with E-state index in [4.69, 9.17) is 0 Å². The molecule has 0 aromatic carbocycles. The fourth-order valence-electron chi connectivity index (χ4n) is 1.66. The third-order valence-electron chi connectivity index (χ3n) is 2.45. The maximum Gasteiger partial charge on any atom is 0.137 e. The van der Waals surface area contributed by atoms with Gasteiger partial charge in [-0.1, -0.05) is 6.07 Å². The fourth-order valence-corrected chi connectivity index (χ4v) is 1.66. The summed E-state index contributed by atoms with van der Waals surface area (Å²) in [6.45, 7) is 0.662. The van der Waals surface area contributed by atoms with Gasteiger partial charge in [-0.25, -0.2) is 15.0 Å². The van der Waals surface area contributed by atoms with Crippen molar-refractivity contribution in [3.05, 3.63) is 55.0 Å². The molecule has 0 amide bonds. The molecule has 3 aromatic heterocycles. The van der Waals surface area contributed by atoms with Crippen molar-refractivity contribution >= 4 is 11.3 Å². The molecular weight excluding hydrogens is 214 g/mol. The molecule has 1 N–H and O–H groups in total. The van der Waals surface area contributed by atoms with Gasteiger partial charge in [0.25, 0.3) is 0 Å². The van der Waals surface area contributed by atoms with E-state index in [0.717, 1.165) is 17.0 Å². The standard InChI is InChI=1S/C12H11N5/c1-2-4-17-8-11(16-12(17)3-1)7-15-10-5-13-9-14-6-10/h1-6,8-9,15H,7H2. The molecule has 3 rings (SSSR count). The average Bonchev–Trinajstić information content (AvgIpc) is 2.80. The van der Waals surface area contributed by atoms with E-state index in [1.165, 1.54) is 6.33 Å². The molecule has 0 bridgehead atoms. The molecule has 5 heteroatoms. The summed E-state index contributed by atoms with van der Waals surface area (Å²) < 4.78 is 2.00. The summed E-state index contributed by atoms with van der Waals surface area (Å²) in [5.74, 6) is 0. The summed E-state index contributed by atoms with van der Waals surface area (Å²) in [6.07, 6.45) is 8.98. The fraction of sp³-hybridized carbons (Fsp3) is 0.0833. The van der Waals surface area contributed by atoms with E-state index >= 15 is 0 Å². The molecule has 0 atom stereocenters. The highest BCUT2D eigenvalue weighted by Gasteiger charge is 2.00. The third kappa shape index (κ3) is 2.08. The lowest BCUT2D eigenvalue weighted by Gasteiger charge is -2.01. The first-order valence-corrected chi connectivity index (χ1v) is 5.33. The molecule has 0 radical (unpaired) electrons. The molecule has 0 saturated heterocycles. The van der Waals surface area contributed by atoms with Crippen LogP contribution in [0, 0.1) is 0 Å². The second-order valence-corrected chi connectivity index (χ2v) is 3.68. The first-order chi connectivity index (χ1) is 8.42. The van der Waals surface area contributed by atoms with E-state index in [0.29, 0.717) is 6.54 Å². The van der Waals surface area contributed by atoms with Crippen molar-refractivity contribution in [2.24, 2.45) is 0 Å². The van der Waals surface area contributed by atoms with Crippen LogP contribution in [0.15, 0.2) is 49.3 Å². The quantitative estimate of drug-likeness (QED) is 0.737. The van der Waals surface area contributed by atoms with Gasteiger partial charge in [0.2, 0.25) is 0 Å². The van der Waals surface area contributed by atoms with Crippen LogP contribution in [-0.2, 0) is 6.54 Å². The van der Waals surface area contributed by atoms with Gasteiger partial charge in [-0.2, -0.15) is 0 Å². The van der Waals surface area contributed by atoms with Gasteiger partial charge in [-0.15, -0.1) is 0 Å². The van der Waals surface area contributed by atoms with Gasteiger partial charge < -0.3 is 9.72 Å². The van der Waals surface area contributed by atoms with Crippen LogP contribution in [0.25, 0.3) is 5.65 Å². The lowest BCUT2D eigenvalue weighted by atomic mass is 10.4. The molecule has 5 nitrogen and oxygen atoms in total. The predicted octanol–water partition coefficient (Wildman–Crippen LogP) is 1.74. The van der Waals surface area contributed by atoms with E-state index in [-0.39, 0.29) is 0 Å². The Hall–Kier alpha value is -2.43. The second kappa shape index (κ2) is 4.21. The van der Waals surface area contributed by atoms with Crippen LogP contribution in [0.1, 0.15) is 5.69 Å². The van der Waals surface area contributed by atoms with E-state index in [1.54, 1.807) is 12.4 Å². The first kappa shape index (κ1) is 9.77. The van der Waals surface area contributed by atoms with E-state index in [1.807, 2.05) is 35.0 Å². The van der Waals surface area contributed by atoms with Gasteiger partial charge in [0.05, 0.1) is 30.3 Å². The Morgan fingerprint density at radius 3 is 2.88 bits per heavy atom. The highest BCUT2D eigenvalue weighted by Crippen LogP contribution is 2.07. The van der Waals surface area contributed by atoms with Crippen molar-refractivity contribution in [1.82, 2.24) is 19.4 Å². The molecule has 3 heterocycles. The van der Waals surface area contributed by atoms with Crippen LogP contribution in [0.2, 0.25) is 0 Å². The van der Waals surface area contributed by atoms with E-state index in [2.05, 4.69) is 20.3 Å². The lowest BCUT2D eigenvalue weighted by molar-refractivity contribution is 1.06. The highest BCUT2D eigenvalue weighted by atomic mass is 15.0. The number of nitrogens with zero attached hydrogens (tertiary/aromatic N) is 4. The van der Waals surface area contributed by atoms with Crippen LogP contribution >= 0.6 is 0 Å². The number of rotatable bonds is 3. The van der Waals surface area contributed by atoms with Crippen molar-refractivity contribution in [2.75, 3.05) is 5.32 Å². The summed E-state index contributed by atoms with van der Waals surface area (Å²) in [6, 6.07) is 5.94. The summed E-state index contributed by atoms with van der Waals surface area (Å²) in [4.78, 5) is 12.4. The Bertz CT molecular complexity index is 584. The molecule has 0 unspecified atom stereocenters. The Balaban J connectivity index is 1.77. The number of anilines is 1. The van der Waals surface area contributed by atoms with E-state index in [9.17, 15) is 0 Å². The van der Waals surface area contributed by atoms with Crippen LogP contribution < -0.4 is 5.32 Å². The third-order valence-corrected chi connectivity index (χ3v) is 2.45. The van der Waals surface area contributed by atoms with Crippen molar-refractivity contribution in [3.63, 3.8) is 0 Å². The number of fused-ring (bicyclic) bond motifs is 1. The highest BCUT2D eigenvalue weighted by molar-refractivity contribution is 5.41. The predicted molar refractivity (Wildman–Crippen MR) is 64.6 cm³/mol. The van der Waals surface area contributed by atoms with Gasteiger partial charge in [-0.05, 0) is 12.1 Å². The first-order valence-electron chi connectivity index (χ1n) is 5.33. The van der Waals surface area contributed by atoms with Crippen molar-refractivity contribution in [2.45, 2.75) is 6.54 Å². The lowest BCUT2D eigenvalue weighted by Crippen LogP contribution is -2.00. The minimum Gasteiger partial charge on any atom is -0.377 e. The molecule has 0 spiro atoms. The topological polar surface area (TPSA) is 55.1 Å². The van der Waals surface area contributed by atoms with Crippen molar-refractivity contribution < 1.29 is 0 Å². The van der Waals surface area contributed by atoms with Gasteiger partial charge in [-0.3, -0.25) is 0 Å². The minimum absolute atomic E-state index is 0.662. The summed E-state index contributed by atoms with van der Waals surface area (Å²) in [7, 11) is 0. The Morgan fingerprint density at radius 2 is 2.06 bits per heavy atom. The summed E-state index contributed by atoms with van der Waals surface area (Å²) >= 11 is 0. The van der Waals surface area contributed by atoms with Crippen LogP contribution in [-0.4, -0.2) is 19.4 Å². The smallest absolute Gasteiger partial charge is 0.137 e. The molecule has 84 valence electrons. The molecule has 0 fully saturated rings. The zero-order valence-electron chi connectivity index (χ0n) is 9.11. The van der Waals surface area contributed by atoms with Crippen LogP contribution in [0.4, 0.5) is 5.69 Å². The zero-order chi connectivity index (χ0) is 11.5. The monoisotopic (exact) mass is 225 g/mol. The van der Waals surface area contributed by atoms with E-state index < -0.39 is 0 Å². The summed E-state index contributed by atoms with van der Waals surface area (Å²) in [5, 5.41) is 3.22. The van der Waals surface area contributed by atoms with Gasteiger partial charge in [0, 0.05) is 12.4 Å². The minimum atomic E-state index is 0.662. The maximum atomic E-state index is 4.49. The number of pyridine rings is 1. The largest absolute Gasteiger partial charge is 0.377 e. The Kier molecular flexibility index (Phi) is 2.42. The number of nitrogens with one attached hydrogen (secondary N) is 1. The average molecular weight is 225 g/mol. The van der Waals surface area contributed by atoms with Crippen LogP contribution in [0.5, 0.6) is 0 Å². The second-order valence-electron chi connectivity index (χ2n) is 3.68. The van der Waals surface area contributed by atoms with Gasteiger partial charge in [0.1, 0.15) is 12.0 Å².